The van der Waals surface area contributed by atoms with Crippen LogP contribution in [0.2, 0.25) is 0 Å². The SMILES string of the molecule is CCN(CC)c1nc(N)nc(NCCCC(F)(F)F)n1. The lowest BCUT2D eigenvalue weighted by atomic mass is 10.3. The van der Waals surface area contributed by atoms with Crippen molar-refractivity contribution in [1.29, 1.82) is 0 Å². The van der Waals surface area contributed by atoms with Gasteiger partial charge >= 0.3 is 6.18 Å². The van der Waals surface area contributed by atoms with Crippen LogP contribution in [0.25, 0.3) is 0 Å². The number of aromatic nitrogens is 3. The van der Waals surface area contributed by atoms with Crippen LogP contribution in [-0.2, 0) is 0 Å². The van der Waals surface area contributed by atoms with E-state index in [1.165, 1.54) is 0 Å². The Bertz CT molecular complexity index is 419. The molecule has 0 saturated carbocycles. The molecular formula is C11H19F3N6. The second kappa shape index (κ2) is 7.11. The molecule has 0 unspecified atom stereocenters. The summed E-state index contributed by atoms with van der Waals surface area (Å²) in [5, 5.41) is 2.73. The van der Waals surface area contributed by atoms with Gasteiger partial charge in [-0.15, -0.1) is 0 Å². The highest BCUT2D eigenvalue weighted by atomic mass is 19.4. The van der Waals surface area contributed by atoms with E-state index >= 15 is 0 Å². The van der Waals surface area contributed by atoms with Gasteiger partial charge in [0.1, 0.15) is 0 Å². The minimum absolute atomic E-state index is 0.0419. The Hall–Kier alpha value is -1.80. The van der Waals surface area contributed by atoms with Crippen molar-refractivity contribution in [2.75, 3.05) is 35.6 Å². The van der Waals surface area contributed by atoms with Gasteiger partial charge in [-0.2, -0.15) is 28.1 Å². The number of rotatable bonds is 7. The first-order valence-electron chi connectivity index (χ1n) is 6.42. The molecule has 20 heavy (non-hydrogen) atoms. The van der Waals surface area contributed by atoms with Crippen molar-refractivity contribution in [3.05, 3.63) is 0 Å². The van der Waals surface area contributed by atoms with Crippen LogP contribution in [0.5, 0.6) is 0 Å². The molecule has 0 spiro atoms. The third-order valence-electron chi connectivity index (χ3n) is 2.61. The summed E-state index contributed by atoms with van der Waals surface area (Å²) >= 11 is 0. The molecule has 3 N–H and O–H groups in total. The topological polar surface area (TPSA) is 80.0 Å². The quantitative estimate of drug-likeness (QED) is 0.749. The van der Waals surface area contributed by atoms with Crippen LogP contribution < -0.4 is 16.0 Å². The summed E-state index contributed by atoms with van der Waals surface area (Å²) in [5.41, 5.74) is 5.57. The maximum Gasteiger partial charge on any atom is 0.389 e. The predicted octanol–water partition coefficient (Wildman–Crippen LogP) is 2.05. The first-order chi connectivity index (χ1) is 9.35. The Morgan fingerprint density at radius 2 is 1.80 bits per heavy atom. The Morgan fingerprint density at radius 1 is 1.15 bits per heavy atom. The average Bonchev–Trinajstić information content (AvgIpc) is 2.34. The van der Waals surface area contributed by atoms with E-state index in [0.29, 0.717) is 19.0 Å². The molecule has 9 heteroatoms. The molecular weight excluding hydrogens is 273 g/mol. The van der Waals surface area contributed by atoms with Crippen LogP contribution in [0.1, 0.15) is 26.7 Å². The smallest absolute Gasteiger partial charge is 0.368 e. The molecule has 1 aromatic rings. The van der Waals surface area contributed by atoms with Crippen molar-refractivity contribution in [2.24, 2.45) is 0 Å². The van der Waals surface area contributed by atoms with E-state index in [1.54, 1.807) is 0 Å². The van der Waals surface area contributed by atoms with E-state index in [4.69, 9.17) is 5.73 Å². The van der Waals surface area contributed by atoms with Gasteiger partial charge in [0.2, 0.25) is 17.8 Å². The molecule has 1 heterocycles. The Balaban J connectivity index is 2.62. The van der Waals surface area contributed by atoms with Gasteiger partial charge in [-0.25, -0.2) is 0 Å². The number of nitrogens with zero attached hydrogens (tertiary/aromatic N) is 4. The van der Waals surface area contributed by atoms with Crippen LogP contribution in [-0.4, -0.2) is 40.8 Å². The summed E-state index contributed by atoms with van der Waals surface area (Å²) in [6, 6.07) is 0. The zero-order valence-electron chi connectivity index (χ0n) is 11.5. The van der Waals surface area contributed by atoms with Crippen LogP contribution in [0, 0.1) is 0 Å². The van der Waals surface area contributed by atoms with E-state index in [2.05, 4.69) is 20.3 Å². The predicted molar refractivity (Wildman–Crippen MR) is 71.6 cm³/mol. The summed E-state index contributed by atoms with van der Waals surface area (Å²) in [6.45, 7) is 5.42. The zero-order chi connectivity index (χ0) is 15.2. The van der Waals surface area contributed by atoms with Gasteiger partial charge in [-0.05, 0) is 20.3 Å². The van der Waals surface area contributed by atoms with Crippen LogP contribution in [0.15, 0.2) is 0 Å². The number of nitrogen functional groups attached to an aromatic ring is 1. The largest absolute Gasteiger partial charge is 0.389 e. The molecule has 0 aliphatic rings. The summed E-state index contributed by atoms with van der Waals surface area (Å²) in [5.74, 6) is 0.655. The van der Waals surface area contributed by atoms with Crippen molar-refractivity contribution in [3.63, 3.8) is 0 Å². The Labute approximate surface area is 115 Å². The third kappa shape index (κ3) is 5.45. The lowest BCUT2D eigenvalue weighted by Crippen LogP contribution is -2.25. The fourth-order valence-corrected chi connectivity index (χ4v) is 1.60. The molecule has 0 radical (unpaired) electrons. The minimum Gasteiger partial charge on any atom is -0.368 e. The normalized spacial score (nSPS) is 11.4. The Kier molecular flexibility index (Phi) is 5.78. The van der Waals surface area contributed by atoms with Crippen molar-refractivity contribution >= 4 is 17.8 Å². The van der Waals surface area contributed by atoms with Gasteiger partial charge in [-0.1, -0.05) is 0 Å². The highest BCUT2D eigenvalue weighted by molar-refractivity contribution is 5.41. The minimum atomic E-state index is -4.15. The summed E-state index contributed by atoms with van der Waals surface area (Å²) < 4.78 is 36.0. The van der Waals surface area contributed by atoms with Gasteiger partial charge in [0, 0.05) is 26.1 Å². The van der Waals surface area contributed by atoms with Crippen molar-refractivity contribution in [3.8, 4) is 0 Å². The molecule has 1 rings (SSSR count). The van der Waals surface area contributed by atoms with Crippen molar-refractivity contribution < 1.29 is 13.2 Å². The van der Waals surface area contributed by atoms with Gasteiger partial charge in [0.15, 0.2) is 0 Å². The maximum absolute atomic E-state index is 12.0. The molecule has 0 bridgehead atoms. The summed E-state index contributed by atoms with van der Waals surface area (Å²) in [6.07, 6.45) is -5.04. The van der Waals surface area contributed by atoms with E-state index in [0.717, 1.165) is 0 Å². The first-order valence-corrected chi connectivity index (χ1v) is 6.42. The lowest BCUT2D eigenvalue weighted by Gasteiger charge is -2.19. The van der Waals surface area contributed by atoms with Gasteiger partial charge in [0.25, 0.3) is 0 Å². The van der Waals surface area contributed by atoms with Crippen LogP contribution >= 0.6 is 0 Å². The molecule has 0 atom stereocenters. The molecule has 1 aromatic heterocycles. The number of hydrogen-bond acceptors (Lipinski definition) is 6. The molecule has 6 nitrogen and oxygen atoms in total. The van der Waals surface area contributed by atoms with E-state index < -0.39 is 12.6 Å². The van der Waals surface area contributed by atoms with Crippen molar-refractivity contribution in [1.82, 2.24) is 15.0 Å². The molecule has 0 amide bonds. The van der Waals surface area contributed by atoms with E-state index in [1.807, 2.05) is 18.7 Å². The molecule has 0 saturated heterocycles. The monoisotopic (exact) mass is 292 g/mol. The van der Waals surface area contributed by atoms with E-state index in [9.17, 15) is 13.2 Å². The molecule has 114 valence electrons. The number of anilines is 3. The summed E-state index contributed by atoms with van der Waals surface area (Å²) in [7, 11) is 0. The second-order valence-electron chi connectivity index (χ2n) is 4.14. The second-order valence-corrected chi connectivity index (χ2v) is 4.14. The zero-order valence-corrected chi connectivity index (χ0v) is 11.5. The molecule has 0 fully saturated rings. The fraction of sp³-hybridized carbons (Fsp3) is 0.727. The van der Waals surface area contributed by atoms with Gasteiger partial charge in [-0.3, -0.25) is 0 Å². The van der Waals surface area contributed by atoms with Crippen LogP contribution in [0.4, 0.5) is 31.0 Å². The van der Waals surface area contributed by atoms with Crippen molar-refractivity contribution in [2.45, 2.75) is 32.9 Å². The fourth-order valence-electron chi connectivity index (χ4n) is 1.60. The number of halogens is 3. The third-order valence-corrected chi connectivity index (χ3v) is 2.61. The lowest BCUT2D eigenvalue weighted by molar-refractivity contribution is -0.134. The molecule has 0 aliphatic carbocycles. The maximum atomic E-state index is 12.0. The Morgan fingerprint density at radius 3 is 2.35 bits per heavy atom. The number of nitrogens with two attached hydrogens (primary N) is 1. The molecule has 0 aliphatic heterocycles. The van der Waals surface area contributed by atoms with E-state index in [-0.39, 0.29) is 24.9 Å². The highest BCUT2D eigenvalue weighted by Crippen LogP contribution is 2.21. The highest BCUT2D eigenvalue weighted by Gasteiger charge is 2.25. The standard InChI is InChI=1S/C11H19F3N6/c1-3-20(4-2)10-18-8(15)17-9(19-10)16-7-5-6-11(12,13)14/h3-7H2,1-2H3,(H3,15,16,17,18,19). The number of hydrogen-bond donors (Lipinski definition) is 2. The number of alkyl halides is 3. The first kappa shape index (κ1) is 16.3. The van der Waals surface area contributed by atoms with Crippen LogP contribution in [0.3, 0.4) is 0 Å². The van der Waals surface area contributed by atoms with Gasteiger partial charge in [0.05, 0.1) is 0 Å². The molecule has 0 aromatic carbocycles. The number of nitrogens with one attached hydrogen (secondary N) is 1. The average molecular weight is 292 g/mol. The summed E-state index contributed by atoms with van der Waals surface area (Å²) in [4.78, 5) is 13.9. The van der Waals surface area contributed by atoms with Gasteiger partial charge < -0.3 is 16.0 Å².